The van der Waals surface area contributed by atoms with Crippen LogP contribution in [0.25, 0.3) is 11.1 Å². The van der Waals surface area contributed by atoms with Crippen molar-refractivity contribution in [2.24, 2.45) is 0 Å². The molecule has 1 nitrogen and oxygen atoms in total. The van der Waals surface area contributed by atoms with Crippen molar-refractivity contribution in [3.8, 4) is 11.1 Å². The minimum atomic E-state index is -0.564. The summed E-state index contributed by atoms with van der Waals surface area (Å²) in [6.45, 7) is 6.16. The summed E-state index contributed by atoms with van der Waals surface area (Å²) in [7, 11) is 0. The summed E-state index contributed by atoms with van der Waals surface area (Å²) in [5.74, 6) is -0.780. The van der Waals surface area contributed by atoms with Crippen LogP contribution >= 0.6 is 0 Å². The number of hydrogen-bond acceptors (Lipinski definition) is 1. The second-order valence-corrected chi connectivity index (χ2v) is 4.90. The first-order valence-corrected chi connectivity index (χ1v) is 6.47. The minimum absolute atomic E-state index is 0.331. The molecule has 1 aromatic carbocycles. The molecule has 0 spiro atoms. The molecule has 0 saturated carbocycles. The van der Waals surface area contributed by atoms with E-state index in [2.05, 4.69) is 18.8 Å². The molecule has 0 radical (unpaired) electrons. The molecule has 0 amide bonds. The topological polar surface area (TPSA) is 12.9 Å². The van der Waals surface area contributed by atoms with Crippen LogP contribution in [0.1, 0.15) is 37.9 Å². The zero-order valence-electron chi connectivity index (χ0n) is 11.4. The summed E-state index contributed by atoms with van der Waals surface area (Å²) in [5.41, 5.74) is 3.16. The zero-order chi connectivity index (χ0) is 14.0. The van der Waals surface area contributed by atoms with E-state index in [-0.39, 0.29) is 0 Å². The smallest absolute Gasteiger partial charge is 0.134 e. The molecule has 0 aliphatic carbocycles. The Morgan fingerprint density at radius 2 is 1.84 bits per heavy atom. The Labute approximate surface area is 112 Å². The molecule has 2 aromatic rings. The van der Waals surface area contributed by atoms with E-state index in [9.17, 15) is 8.78 Å². The molecule has 1 heterocycles. The third-order valence-electron chi connectivity index (χ3n) is 3.20. The van der Waals surface area contributed by atoms with Crippen molar-refractivity contribution < 1.29 is 8.78 Å². The summed E-state index contributed by atoms with van der Waals surface area (Å²) in [6.07, 6.45) is 2.47. The van der Waals surface area contributed by atoms with Crippen molar-refractivity contribution in [1.82, 2.24) is 4.98 Å². The highest BCUT2D eigenvalue weighted by molar-refractivity contribution is 5.67. The van der Waals surface area contributed by atoms with E-state index in [1.165, 1.54) is 12.1 Å². The highest BCUT2D eigenvalue weighted by Crippen LogP contribution is 2.28. The summed E-state index contributed by atoms with van der Waals surface area (Å²) in [4.78, 5) is 4.37. The normalized spacial score (nSPS) is 11.1. The highest BCUT2D eigenvalue weighted by Gasteiger charge is 2.12. The van der Waals surface area contributed by atoms with Crippen LogP contribution in [0.15, 0.2) is 30.5 Å². The van der Waals surface area contributed by atoms with Crippen LogP contribution < -0.4 is 0 Å². The Bertz CT molecular complexity index is 591. The number of pyridine rings is 1. The molecule has 0 N–H and O–H groups in total. The van der Waals surface area contributed by atoms with Crippen LogP contribution in [0.4, 0.5) is 8.78 Å². The van der Waals surface area contributed by atoms with E-state index in [1.807, 2.05) is 13.0 Å². The fraction of sp³-hybridized carbons (Fsp3) is 0.312. The van der Waals surface area contributed by atoms with Gasteiger partial charge in [-0.05, 0) is 36.1 Å². The molecule has 0 fully saturated rings. The number of aryl methyl sites for hydroxylation is 1. The second kappa shape index (κ2) is 5.47. The number of benzene rings is 1. The summed E-state index contributed by atoms with van der Waals surface area (Å²) < 4.78 is 26.8. The maximum Gasteiger partial charge on any atom is 0.134 e. The molecule has 100 valence electrons. The zero-order valence-corrected chi connectivity index (χ0v) is 11.4. The Hall–Kier alpha value is -1.77. The van der Waals surface area contributed by atoms with Gasteiger partial charge in [0.2, 0.25) is 0 Å². The molecule has 2 rings (SSSR count). The van der Waals surface area contributed by atoms with Crippen LogP contribution in [0, 0.1) is 11.6 Å². The third-order valence-corrected chi connectivity index (χ3v) is 3.20. The first kappa shape index (κ1) is 13.7. The van der Waals surface area contributed by atoms with E-state index in [0.29, 0.717) is 11.5 Å². The largest absolute Gasteiger partial charge is 0.260 e. The lowest BCUT2D eigenvalue weighted by Crippen LogP contribution is -1.98. The van der Waals surface area contributed by atoms with Gasteiger partial charge < -0.3 is 0 Å². The summed E-state index contributed by atoms with van der Waals surface area (Å²) >= 11 is 0. The van der Waals surface area contributed by atoms with Crippen molar-refractivity contribution in [3.63, 3.8) is 0 Å². The summed E-state index contributed by atoms with van der Waals surface area (Å²) in [5, 5.41) is 0. The predicted molar refractivity (Wildman–Crippen MR) is 73.1 cm³/mol. The van der Waals surface area contributed by atoms with Crippen molar-refractivity contribution in [2.45, 2.75) is 33.1 Å². The van der Waals surface area contributed by atoms with E-state index < -0.39 is 11.6 Å². The lowest BCUT2D eigenvalue weighted by atomic mass is 9.97. The average molecular weight is 261 g/mol. The van der Waals surface area contributed by atoms with Crippen molar-refractivity contribution in [1.29, 1.82) is 0 Å². The van der Waals surface area contributed by atoms with Crippen LogP contribution in [0.2, 0.25) is 0 Å². The number of halogens is 2. The molecule has 3 heteroatoms. The van der Waals surface area contributed by atoms with Crippen molar-refractivity contribution in [3.05, 3.63) is 53.4 Å². The fourth-order valence-corrected chi connectivity index (χ4v) is 2.07. The van der Waals surface area contributed by atoms with Crippen LogP contribution in [0.3, 0.4) is 0 Å². The minimum Gasteiger partial charge on any atom is -0.260 e. The molecule has 0 saturated heterocycles. The molecule has 0 aliphatic heterocycles. The Balaban J connectivity index is 2.55. The van der Waals surface area contributed by atoms with Crippen molar-refractivity contribution in [2.75, 3.05) is 0 Å². The standard InChI is InChI=1S/C16H17F2N/c1-4-11-7-16(10(2)3)19-9-14(11)13-6-5-12(17)8-15(13)18/h5-10H,4H2,1-3H3. The van der Waals surface area contributed by atoms with E-state index in [4.69, 9.17) is 0 Å². The monoisotopic (exact) mass is 261 g/mol. The highest BCUT2D eigenvalue weighted by atomic mass is 19.1. The van der Waals surface area contributed by atoms with Gasteiger partial charge in [-0.25, -0.2) is 8.78 Å². The molecule has 19 heavy (non-hydrogen) atoms. The lowest BCUT2D eigenvalue weighted by Gasteiger charge is -2.12. The van der Waals surface area contributed by atoms with Gasteiger partial charge in [0.1, 0.15) is 11.6 Å². The number of aromatic nitrogens is 1. The quantitative estimate of drug-likeness (QED) is 0.779. The van der Waals surface area contributed by atoms with Gasteiger partial charge in [0.15, 0.2) is 0 Å². The van der Waals surface area contributed by atoms with Gasteiger partial charge in [-0.3, -0.25) is 4.98 Å². The SMILES string of the molecule is CCc1cc(C(C)C)ncc1-c1ccc(F)cc1F. The molecule has 0 unspecified atom stereocenters. The molecule has 0 bridgehead atoms. The van der Waals surface area contributed by atoms with E-state index in [1.54, 1.807) is 6.20 Å². The summed E-state index contributed by atoms with van der Waals surface area (Å²) in [6, 6.07) is 5.65. The van der Waals surface area contributed by atoms with Gasteiger partial charge in [0, 0.05) is 29.1 Å². The Morgan fingerprint density at radius 1 is 1.11 bits per heavy atom. The lowest BCUT2D eigenvalue weighted by molar-refractivity contribution is 0.585. The van der Waals surface area contributed by atoms with Crippen molar-refractivity contribution >= 4 is 0 Å². The average Bonchev–Trinajstić information content (AvgIpc) is 2.38. The van der Waals surface area contributed by atoms with Gasteiger partial charge in [0.05, 0.1) is 0 Å². The van der Waals surface area contributed by atoms with Crippen LogP contribution in [-0.4, -0.2) is 4.98 Å². The van der Waals surface area contributed by atoms with Crippen LogP contribution in [0.5, 0.6) is 0 Å². The number of nitrogens with zero attached hydrogens (tertiary/aromatic N) is 1. The molecular formula is C16H17F2N. The second-order valence-electron chi connectivity index (χ2n) is 4.90. The van der Waals surface area contributed by atoms with E-state index in [0.717, 1.165) is 29.3 Å². The van der Waals surface area contributed by atoms with Gasteiger partial charge in [-0.1, -0.05) is 20.8 Å². The van der Waals surface area contributed by atoms with Crippen LogP contribution in [-0.2, 0) is 6.42 Å². The fourth-order valence-electron chi connectivity index (χ4n) is 2.07. The van der Waals surface area contributed by atoms with E-state index >= 15 is 0 Å². The van der Waals surface area contributed by atoms with Gasteiger partial charge in [0.25, 0.3) is 0 Å². The number of hydrogen-bond donors (Lipinski definition) is 0. The van der Waals surface area contributed by atoms with Gasteiger partial charge >= 0.3 is 0 Å². The maximum absolute atomic E-state index is 13.8. The Morgan fingerprint density at radius 3 is 2.42 bits per heavy atom. The van der Waals surface area contributed by atoms with Gasteiger partial charge in [-0.15, -0.1) is 0 Å². The Kier molecular flexibility index (Phi) is 3.93. The first-order chi connectivity index (χ1) is 9.02. The first-order valence-electron chi connectivity index (χ1n) is 6.47. The molecule has 1 aromatic heterocycles. The third kappa shape index (κ3) is 2.80. The molecule has 0 aliphatic rings. The predicted octanol–water partition coefficient (Wildman–Crippen LogP) is 4.71. The number of rotatable bonds is 3. The molecular weight excluding hydrogens is 244 g/mol. The maximum atomic E-state index is 13.8. The van der Waals surface area contributed by atoms with Gasteiger partial charge in [-0.2, -0.15) is 0 Å². The molecule has 0 atom stereocenters.